The van der Waals surface area contributed by atoms with Crippen molar-refractivity contribution in [1.82, 2.24) is 0 Å². The van der Waals surface area contributed by atoms with E-state index in [1.54, 1.807) is 0 Å². The Kier molecular flexibility index (Phi) is 8.69. The summed E-state index contributed by atoms with van der Waals surface area (Å²) in [5.41, 5.74) is 8.55. The normalized spacial score (nSPS) is 14.8. The van der Waals surface area contributed by atoms with Gasteiger partial charge in [-0.05, 0) is 25.7 Å². The molecule has 140 valence electrons. The molecule has 0 heterocycles. The van der Waals surface area contributed by atoms with Crippen molar-refractivity contribution in [2.24, 2.45) is 0 Å². The van der Waals surface area contributed by atoms with Crippen LogP contribution < -0.4 is 0 Å². The quantitative estimate of drug-likeness (QED) is 0.332. The first-order valence-corrected chi connectivity index (χ1v) is 9.27. The molecular weight excluding hydrogens is 404 g/mol. The van der Waals surface area contributed by atoms with Crippen LogP contribution in [0.4, 0.5) is 0 Å². The summed E-state index contributed by atoms with van der Waals surface area (Å²) in [7, 11) is 0. The molecule has 0 saturated carbocycles. The molecular formula is C26H26Zr-6. The van der Waals surface area contributed by atoms with Crippen LogP contribution in [-0.2, 0) is 26.2 Å². The molecule has 2 aromatic carbocycles. The van der Waals surface area contributed by atoms with Crippen LogP contribution in [0.25, 0.3) is 11.1 Å². The second-order valence-electron chi connectivity index (χ2n) is 6.52. The van der Waals surface area contributed by atoms with Gasteiger partial charge in [0, 0.05) is 26.2 Å². The molecule has 0 aliphatic heterocycles. The molecule has 0 radical (unpaired) electrons. The zero-order valence-corrected chi connectivity index (χ0v) is 18.3. The van der Waals surface area contributed by atoms with E-state index >= 15 is 0 Å². The fourth-order valence-corrected chi connectivity index (χ4v) is 3.63. The Balaban J connectivity index is 0.000000379. The minimum absolute atomic E-state index is 0. The van der Waals surface area contributed by atoms with Gasteiger partial charge in [-0.2, -0.15) is 12.1 Å². The van der Waals surface area contributed by atoms with Gasteiger partial charge >= 0.3 is 0 Å². The first-order valence-electron chi connectivity index (χ1n) is 9.27. The van der Waals surface area contributed by atoms with E-state index in [0.717, 1.165) is 25.7 Å². The van der Waals surface area contributed by atoms with Gasteiger partial charge in [-0.3, -0.25) is 0 Å². The van der Waals surface area contributed by atoms with E-state index in [0.29, 0.717) is 0 Å². The third-order valence-electron chi connectivity index (χ3n) is 4.81. The molecule has 0 nitrogen and oxygen atoms in total. The summed E-state index contributed by atoms with van der Waals surface area (Å²) in [4.78, 5) is 0. The Hall–Kier alpha value is -1.98. The van der Waals surface area contributed by atoms with Gasteiger partial charge in [0.1, 0.15) is 0 Å². The molecule has 0 unspecified atom stereocenters. The zero-order valence-electron chi connectivity index (χ0n) is 15.8. The fraction of sp³-hybridized carbons (Fsp3) is 0.154. The molecule has 0 amide bonds. The Bertz CT molecular complexity index is 787. The third-order valence-corrected chi connectivity index (χ3v) is 4.81. The molecule has 27 heavy (non-hydrogen) atoms. The van der Waals surface area contributed by atoms with Gasteiger partial charge in [0.15, 0.2) is 0 Å². The van der Waals surface area contributed by atoms with Crippen molar-refractivity contribution in [3.05, 3.63) is 120 Å². The largest absolute Gasteiger partial charge is 0.748 e. The number of allylic oxidation sites excluding steroid dienone is 10. The van der Waals surface area contributed by atoms with Crippen molar-refractivity contribution < 1.29 is 26.2 Å². The van der Waals surface area contributed by atoms with E-state index in [-0.39, 0.29) is 26.2 Å². The molecule has 0 fully saturated rings. The van der Waals surface area contributed by atoms with Crippen LogP contribution >= 0.6 is 0 Å². The second-order valence-corrected chi connectivity index (χ2v) is 6.52. The van der Waals surface area contributed by atoms with Crippen molar-refractivity contribution in [2.45, 2.75) is 25.7 Å². The van der Waals surface area contributed by atoms with E-state index in [1.165, 1.54) is 33.4 Å². The standard InChI is InChI=1S/C21H21.C5H5.Zr/c1-3-8-16-10-5-12-18(16)20-14-7-15-21(20)19-13-6-11-17(19)9-4-2;1-2-4-5-3-1;/h3-7,10-11,14-15H,1-2,8-9,12-13H2;1-5H;/q-1;-5;. The van der Waals surface area contributed by atoms with Crippen molar-refractivity contribution in [2.75, 3.05) is 0 Å². The Morgan fingerprint density at radius 3 is 2.15 bits per heavy atom. The Morgan fingerprint density at radius 2 is 1.48 bits per heavy atom. The van der Waals surface area contributed by atoms with Crippen molar-refractivity contribution in [3.63, 3.8) is 0 Å². The van der Waals surface area contributed by atoms with E-state index in [9.17, 15) is 0 Å². The van der Waals surface area contributed by atoms with Gasteiger partial charge in [-0.15, -0.1) is 24.8 Å². The monoisotopic (exact) mass is 428 g/mol. The molecule has 0 atom stereocenters. The average molecular weight is 430 g/mol. The van der Waals surface area contributed by atoms with Crippen LogP contribution in [0.3, 0.4) is 0 Å². The van der Waals surface area contributed by atoms with Gasteiger partial charge in [0.05, 0.1) is 0 Å². The van der Waals surface area contributed by atoms with Crippen LogP contribution in [0.5, 0.6) is 0 Å². The predicted octanol–water partition coefficient (Wildman–Crippen LogP) is 7.39. The van der Waals surface area contributed by atoms with Gasteiger partial charge < -0.3 is 30.3 Å². The van der Waals surface area contributed by atoms with Crippen LogP contribution in [0.15, 0.2) is 109 Å². The molecule has 0 N–H and O–H groups in total. The molecule has 0 bridgehead atoms. The average Bonchev–Trinajstić information content (AvgIpc) is 3.43. The first kappa shape index (κ1) is 21.3. The maximum atomic E-state index is 3.88. The maximum Gasteiger partial charge on any atom is 0 e. The summed E-state index contributed by atoms with van der Waals surface area (Å²) >= 11 is 0. The predicted molar refractivity (Wildman–Crippen MR) is 115 cm³/mol. The minimum Gasteiger partial charge on any atom is -0.748 e. The van der Waals surface area contributed by atoms with E-state index in [2.05, 4.69) is 55.7 Å². The number of rotatable bonds is 6. The Labute approximate surface area is 182 Å². The number of hydrogen-bond acceptors (Lipinski definition) is 0. The van der Waals surface area contributed by atoms with E-state index in [4.69, 9.17) is 0 Å². The first-order chi connectivity index (χ1) is 12.8. The topological polar surface area (TPSA) is 0 Å². The van der Waals surface area contributed by atoms with Gasteiger partial charge in [-0.25, -0.2) is 0 Å². The molecule has 2 aliphatic rings. The van der Waals surface area contributed by atoms with Gasteiger partial charge in [0.2, 0.25) is 0 Å². The molecule has 2 aliphatic carbocycles. The van der Waals surface area contributed by atoms with Crippen LogP contribution in [-0.4, -0.2) is 0 Å². The zero-order chi connectivity index (χ0) is 18.2. The SMILES string of the molecule is C=CCC1=C(c2ccc[c-]2C2=C(CC=C)C=CC2)CC=C1.[Zr].[cH-]1[cH-][cH-][cH-][cH-]1. The maximum absolute atomic E-state index is 3.88. The van der Waals surface area contributed by atoms with Crippen LogP contribution in [0.2, 0.25) is 0 Å². The fourth-order valence-electron chi connectivity index (χ4n) is 3.63. The summed E-state index contributed by atoms with van der Waals surface area (Å²) in [6.45, 7) is 7.76. The molecule has 4 rings (SSSR count). The number of hydrogen-bond donors (Lipinski definition) is 0. The Morgan fingerprint density at radius 1 is 0.889 bits per heavy atom. The molecule has 0 spiro atoms. The van der Waals surface area contributed by atoms with Crippen molar-refractivity contribution in [1.29, 1.82) is 0 Å². The van der Waals surface area contributed by atoms with Crippen LogP contribution in [0.1, 0.15) is 36.8 Å². The smallest absolute Gasteiger partial charge is 0 e. The second kappa shape index (κ2) is 11.0. The summed E-state index contributed by atoms with van der Waals surface area (Å²) < 4.78 is 0. The molecule has 1 heteroatoms. The van der Waals surface area contributed by atoms with Crippen molar-refractivity contribution >= 4 is 11.1 Å². The van der Waals surface area contributed by atoms with Gasteiger partial charge in [-0.1, -0.05) is 64.3 Å². The summed E-state index contributed by atoms with van der Waals surface area (Å²) in [5, 5.41) is 0. The molecule has 0 aromatic heterocycles. The van der Waals surface area contributed by atoms with Crippen molar-refractivity contribution in [3.8, 4) is 0 Å². The summed E-state index contributed by atoms with van der Waals surface area (Å²) in [6.07, 6.45) is 17.0. The van der Waals surface area contributed by atoms with E-state index in [1.807, 2.05) is 42.5 Å². The van der Waals surface area contributed by atoms with E-state index < -0.39 is 0 Å². The van der Waals surface area contributed by atoms with Crippen LogP contribution in [0, 0.1) is 0 Å². The third kappa shape index (κ3) is 5.27. The summed E-state index contributed by atoms with van der Waals surface area (Å²) in [6, 6.07) is 16.7. The molecule has 0 saturated heterocycles. The summed E-state index contributed by atoms with van der Waals surface area (Å²) in [5.74, 6) is 0. The van der Waals surface area contributed by atoms with Gasteiger partial charge in [0.25, 0.3) is 0 Å². The molecule has 2 aromatic rings. The minimum atomic E-state index is 0.